The third kappa shape index (κ3) is 4.03. The van der Waals surface area contributed by atoms with Crippen LogP contribution in [0.1, 0.15) is 31.8 Å². The van der Waals surface area contributed by atoms with Gasteiger partial charge in [-0.15, -0.1) is 0 Å². The predicted octanol–water partition coefficient (Wildman–Crippen LogP) is 1.60. The van der Waals surface area contributed by atoms with Crippen LogP contribution in [0.5, 0.6) is 0 Å². The fourth-order valence-corrected chi connectivity index (χ4v) is 2.44. The molecule has 0 bridgehead atoms. The molecule has 0 saturated carbocycles. The average molecular weight is 248 g/mol. The Morgan fingerprint density at radius 3 is 3.06 bits per heavy atom. The molecule has 0 spiro atoms. The van der Waals surface area contributed by atoms with E-state index in [1.54, 1.807) is 0 Å². The zero-order valence-corrected chi connectivity index (χ0v) is 11.7. The van der Waals surface area contributed by atoms with Crippen LogP contribution in [0.15, 0.2) is 12.3 Å². The summed E-state index contributed by atoms with van der Waals surface area (Å²) < 4.78 is 0. The summed E-state index contributed by atoms with van der Waals surface area (Å²) in [6.45, 7) is 10.9. The van der Waals surface area contributed by atoms with Gasteiger partial charge in [0.2, 0.25) is 0 Å². The Morgan fingerprint density at radius 2 is 2.28 bits per heavy atom. The maximum atomic E-state index is 4.50. The van der Waals surface area contributed by atoms with Crippen LogP contribution < -0.4 is 5.32 Å². The number of nitrogens with zero attached hydrogens (tertiary/aromatic N) is 3. The van der Waals surface area contributed by atoms with Gasteiger partial charge in [-0.2, -0.15) is 0 Å². The van der Waals surface area contributed by atoms with E-state index in [-0.39, 0.29) is 0 Å². The van der Waals surface area contributed by atoms with E-state index in [0.29, 0.717) is 12.0 Å². The first-order valence-corrected chi connectivity index (χ1v) is 6.87. The van der Waals surface area contributed by atoms with Gasteiger partial charge in [0.25, 0.3) is 0 Å². The summed E-state index contributed by atoms with van der Waals surface area (Å²) in [6.07, 6.45) is 3.06. The van der Waals surface area contributed by atoms with Gasteiger partial charge in [-0.05, 0) is 38.8 Å². The van der Waals surface area contributed by atoms with Crippen molar-refractivity contribution in [2.24, 2.45) is 5.92 Å². The van der Waals surface area contributed by atoms with Gasteiger partial charge in [0.05, 0.1) is 5.69 Å². The predicted molar refractivity (Wildman–Crippen MR) is 73.3 cm³/mol. The molecule has 2 heterocycles. The van der Waals surface area contributed by atoms with E-state index in [2.05, 4.69) is 34.0 Å². The molecule has 1 aliphatic heterocycles. The fourth-order valence-electron chi connectivity index (χ4n) is 2.44. The van der Waals surface area contributed by atoms with Crippen LogP contribution in [0.2, 0.25) is 0 Å². The Kier molecular flexibility index (Phi) is 4.66. The zero-order chi connectivity index (χ0) is 13.0. The molecule has 1 fully saturated rings. The molecule has 2 rings (SSSR count). The summed E-state index contributed by atoms with van der Waals surface area (Å²) in [5.41, 5.74) is 1.14. The lowest BCUT2D eigenvalue weighted by Gasteiger charge is -2.30. The van der Waals surface area contributed by atoms with Crippen molar-refractivity contribution < 1.29 is 0 Å². The number of rotatable bonds is 2. The van der Waals surface area contributed by atoms with E-state index in [4.69, 9.17) is 0 Å². The minimum absolute atomic E-state index is 0.613. The smallest absolute Gasteiger partial charge is 0.125 e. The highest BCUT2D eigenvalue weighted by Crippen LogP contribution is 2.10. The Hall–Kier alpha value is -1.00. The first kappa shape index (κ1) is 13.4. The maximum absolute atomic E-state index is 4.50. The molecule has 2 atom stereocenters. The molecule has 1 aromatic heterocycles. The summed E-state index contributed by atoms with van der Waals surface area (Å²) in [4.78, 5) is 11.2. The van der Waals surface area contributed by atoms with Gasteiger partial charge in [-0.3, -0.25) is 4.90 Å². The standard InChI is InChI=1S/C14H24N4/c1-11-8-16-12(2)5-7-18(9-11)10-14-4-6-15-13(3)17-14/h4,6,11-12,16H,5,7-10H2,1-3H3. The van der Waals surface area contributed by atoms with Crippen LogP contribution in [0.4, 0.5) is 0 Å². The minimum Gasteiger partial charge on any atom is -0.314 e. The van der Waals surface area contributed by atoms with Crippen molar-refractivity contribution in [3.05, 3.63) is 23.8 Å². The van der Waals surface area contributed by atoms with Gasteiger partial charge in [0.15, 0.2) is 0 Å². The lowest BCUT2D eigenvalue weighted by molar-refractivity contribution is 0.193. The number of hydrogen-bond acceptors (Lipinski definition) is 4. The molecule has 2 unspecified atom stereocenters. The minimum atomic E-state index is 0.613. The largest absolute Gasteiger partial charge is 0.314 e. The Morgan fingerprint density at radius 1 is 1.44 bits per heavy atom. The number of nitrogens with one attached hydrogen (secondary N) is 1. The first-order chi connectivity index (χ1) is 8.63. The lowest BCUT2D eigenvalue weighted by atomic mass is 10.1. The van der Waals surface area contributed by atoms with Crippen LogP contribution in [0.3, 0.4) is 0 Å². The van der Waals surface area contributed by atoms with E-state index >= 15 is 0 Å². The summed E-state index contributed by atoms with van der Waals surface area (Å²) >= 11 is 0. The number of aryl methyl sites for hydroxylation is 1. The van der Waals surface area contributed by atoms with Gasteiger partial charge in [0, 0.05) is 31.9 Å². The molecule has 1 aromatic rings. The summed E-state index contributed by atoms with van der Waals surface area (Å²) in [6, 6.07) is 2.64. The monoisotopic (exact) mass is 248 g/mol. The third-order valence-corrected chi connectivity index (χ3v) is 3.48. The number of hydrogen-bond donors (Lipinski definition) is 1. The van der Waals surface area contributed by atoms with Crippen LogP contribution in [0.25, 0.3) is 0 Å². The lowest BCUT2D eigenvalue weighted by Crippen LogP contribution is -2.42. The van der Waals surface area contributed by atoms with Gasteiger partial charge in [0.1, 0.15) is 5.82 Å². The number of aromatic nitrogens is 2. The maximum Gasteiger partial charge on any atom is 0.125 e. The first-order valence-electron chi connectivity index (χ1n) is 6.87. The molecular formula is C14H24N4. The van der Waals surface area contributed by atoms with Crippen molar-refractivity contribution in [1.82, 2.24) is 20.2 Å². The Bertz CT molecular complexity index is 380. The van der Waals surface area contributed by atoms with Crippen LogP contribution in [-0.4, -0.2) is 40.5 Å². The molecule has 0 aliphatic carbocycles. The molecule has 0 aromatic carbocycles. The molecule has 1 N–H and O–H groups in total. The fraction of sp³-hybridized carbons (Fsp3) is 0.714. The second-order valence-corrected chi connectivity index (χ2v) is 5.53. The van der Waals surface area contributed by atoms with Crippen molar-refractivity contribution in [3.8, 4) is 0 Å². The molecule has 1 aliphatic rings. The van der Waals surface area contributed by atoms with Crippen molar-refractivity contribution in [2.45, 2.75) is 39.8 Å². The highest BCUT2D eigenvalue weighted by atomic mass is 15.1. The molecule has 1 saturated heterocycles. The molecule has 4 heteroatoms. The summed E-state index contributed by atoms with van der Waals surface area (Å²) in [7, 11) is 0. The van der Waals surface area contributed by atoms with Crippen molar-refractivity contribution in [1.29, 1.82) is 0 Å². The molecule has 18 heavy (non-hydrogen) atoms. The van der Waals surface area contributed by atoms with Crippen LogP contribution in [-0.2, 0) is 6.54 Å². The SMILES string of the molecule is Cc1nccc(CN2CCC(C)NCC(C)C2)n1. The third-order valence-electron chi connectivity index (χ3n) is 3.48. The summed E-state index contributed by atoms with van der Waals surface area (Å²) in [5.74, 6) is 1.55. The Labute approximate surface area is 110 Å². The van der Waals surface area contributed by atoms with Gasteiger partial charge in [-0.1, -0.05) is 6.92 Å². The van der Waals surface area contributed by atoms with Crippen LogP contribution in [0, 0.1) is 12.8 Å². The van der Waals surface area contributed by atoms with E-state index in [1.165, 1.54) is 6.42 Å². The Balaban J connectivity index is 1.98. The van der Waals surface area contributed by atoms with E-state index in [1.807, 2.05) is 19.2 Å². The second kappa shape index (κ2) is 6.25. The van der Waals surface area contributed by atoms with Crippen LogP contribution >= 0.6 is 0 Å². The zero-order valence-electron chi connectivity index (χ0n) is 11.7. The second-order valence-electron chi connectivity index (χ2n) is 5.53. The average Bonchev–Trinajstić information content (AvgIpc) is 2.32. The topological polar surface area (TPSA) is 41.1 Å². The van der Waals surface area contributed by atoms with E-state index < -0.39 is 0 Å². The normalized spacial score (nSPS) is 26.6. The molecule has 0 radical (unpaired) electrons. The van der Waals surface area contributed by atoms with E-state index in [0.717, 1.165) is 37.7 Å². The molecule has 4 nitrogen and oxygen atoms in total. The quantitative estimate of drug-likeness (QED) is 0.863. The van der Waals surface area contributed by atoms with Gasteiger partial charge in [-0.25, -0.2) is 9.97 Å². The molecular weight excluding hydrogens is 224 g/mol. The van der Waals surface area contributed by atoms with Crippen molar-refractivity contribution >= 4 is 0 Å². The van der Waals surface area contributed by atoms with Gasteiger partial charge >= 0.3 is 0 Å². The van der Waals surface area contributed by atoms with Crippen molar-refractivity contribution in [3.63, 3.8) is 0 Å². The van der Waals surface area contributed by atoms with Crippen molar-refractivity contribution in [2.75, 3.05) is 19.6 Å². The molecule has 0 amide bonds. The highest BCUT2D eigenvalue weighted by molar-refractivity contribution is 5.01. The highest BCUT2D eigenvalue weighted by Gasteiger charge is 2.16. The molecule has 100 valence electrons. The van der Waals surface area contributed by atoms with Gasteiger partial charge < -0.3 is 5.32 Å². The summed E-state index contributed by atoms with van der Waals surface area (Å²) in [5, 5.41) is 3.58. The van der Waals surface area contributed by atoms with E-state index in [9.17, 15) is 0 Å².